The maximum atomic E-state index is 12.4. The predicted octanol–water partition coefficient (Wildman–Crippen LogP) is 2.53. The molecule has 3 rings (SSSR count). The molecule has 1 aromatic rings. The maximum Gasteiger partial charge on any atom is 0.314 e. The number of amides is 1. The molecule has 2 aliphatic rings. The molecule has 0 spiro atoms. The molecule has 0 radical (unpaired) electrons. The Bertz CT molecular complexity index is 706. The lowest BCUT2D eigenvalue weighted by Crippen LogP contribution is -2.46. The Kier molecular flexibility index (Phi) is 3.60. The van der Waals surface area contributed by atoms with Gasteiger partial charge in [0.2, 0.25) is 5.91 Å². The van der Waals surface area contributed by atoms with Crippen LogP contribution in [0.1, 0.15) is 25.8 Å². The number of carboxylic acid groups (broad SMARTS) is 1. The van der Waals surface area contributed by atoms with Crippen molar-refractivity contribution in [2.75, 3.05) is 6.54 Å². The monoisotopic (exact) mass is 312 g/mol. The topological polar surface area (TPSA) is 60.9 Å². The number of fused-ring (bicyclic) bond motifs is 1. The second-order valence-electron chi connectivity index (χ2n) is 6.32. The molecule has 1 unspecified atom stereocenters. The minimum atomic E-state index is -0.952. The van der Waals surface area contributed by atoms with Gasteiger partial charge < -0.3 is 5.11 Å². The molecule has 1 amide bonds. The standard InChI is InChI=1S/C18H20N2O3/c1-4-13(17(22)23)15-16(12-8-6-5-7-9-12)20-14(21)10-11-19(20)18(15,2)3/h4-9,13H,1,10-11H2,2-3H3,(H,22,23). The van der Waals surface area contributed by atoms with Gasteiger partial charge in [-0.2, -0.15) is 0 Å². The summed E-state index contributed by atoms with van der Waals surface area (Å²) in [4.78, 5) is 24.2. The van der Waals surface area contributed by atoms with Gasteiger partial charge >= 0.3 is 5.97 Å². The van der Waals surface area contributed by atoms with Crippen LogP contribution in [0, 0.1) is 5.92 Å². The number of nitrogens with zero attached hydrogens (tertiary/aromatic N) is 2. The average molecular weight is 312 g/mol. The van der Waals surface area contributed by atoms with E-state index < -0.39 is 17.4 Å². The lowest BCUT2D eigenvalue weighted by Gasteiger charge is -2.34. The van der Waals surface area contributed by atoms with E-state index in [9.17, 15) is 14.7 Å². The van der Waals surface area contributed by atoms with Crippen molar-refractivity contribution in [3.8, 4) is 0 Å². The van der Waals surface area contributed by atoms with Gasteiger partial charge in [0.25, 0.3) is 0 Å². The van der Waals surface area contributed by atoms with Crippen LogP contribution < -0.4 is 0 Å². The van der Waals surface area contributed by atoms with Gasteiger partial charge in [0, 0.05) is 13.0 Å². The van der Waals surface area contributed by atoms with Crippen LogP contribution in [-0.4, -0.2) is 39.1 Å². The maximum absolute atomic E-state index is 12.4. The first kappa shape index (κ1) is 15.5. The number of carboxylic acids is 1. The van der Waals surface area contributed by atoms with Crippen molar-refractivity contribution >= 4 is 17.6 Å². The van der Waals surface area contributed by atoms with Crippen LogP contribution in [0.15, 0.2) is 48.6 Å². The van der Waals surface area contributed by atoms with E-state index in [4.69, 9.17) is 0 Å². The summed E-state index contributed by atoms with van der Waals surface area (Å²) in [6.07, 6.45) is 1.88. The Balaban J connectivity index is 2.29. The van der Waals surface area contributed by atoms with Crippen LogP contribution in [0.4, 0.5) is 0 Å². The van der Waals surface area contributed by atoms with Crippen LogP contribution >= 0.6 is 0 Å². The lowest BCUT2D eigenvalue weighted by molar-refractivity contribution is -0.139. The minimum Gasteiger partial charge on any atom is -0.481 e. The predicted molar refractivity (Wildman–Crippen MR) is 86.9 cm³/mol. The minimum absolute atomic E-state index is 0.000120. The largest absolute Gasteiger partial charge is 0.481 e. The molecule has 0 saturated carbocycles. The number of aliphatic carboxylic acids is 1. The summed E-state index contributed by atoms with van der Waals surface area (Å²) in [5.41, 5.74) is 1.68. The fourth-order valence-electron chi connectivity index (χ4n) is 3.60. The first-order chi connectivity index (χ1) is 10.9. The molecule has 23 heavy (non-hydrogen) atoms. The molecular formula is C18H20N2O3. The molecule has 120 valence electrons. The SMILES string of the molecule is C=CC(C(=O)O)C1=C(c2ccccc2)N2C(=O)CCN2C1(C)C. The zero-order chi connectivity index (χ0) is 16.8. The van der Waals surface area contributed by atoms with Gasteiger partial charge in [-0.15, -0.1) is 6.58 Å². The molecule has 0 aromatic heterocycles. The van der Waals surface area contributed by atoms with Gasteiger partial charge in [0.05, 0.1) is 17.2 Å². The van der Waals surface area contributed by atoms with Gasteiger partial charge in [-0.3, -0.25) is 9.59 Å². The Morgan fingerprint density at radius 1 is 1.35 bits per heavy atom. The van der Waals surface area contributed by atoms with Crippen LogP contribution in [0.25, 0.3) is 5.70 Å². The molecular weight excluding hydrogens is 292 g/mol. The van der Waals surface area contributed by atoms with E-state index >= 15 is 0 Å². The number of benzene rings is 1. The lowest BCUT2D eigenvalue weighted by atomic mass is 9.82. The number of carbonyl (C=O) groups excluding carboxylic acids is 1. The zero-order valence-electron chi connectivity index (χ0n) is 13.3. The molecule has 1 N–H and O–H groups in total. The van der Waals surface area contributed by atoms with Crippen molar-refractivity contribution in [1.29, 1.82) is 0 Å². The summed E-state index contributed by atoms with van der Waals surface area (Å²) < 4.78 is 0. The van der Waals surface area contributed by atoms with Crippen molar-refractivity contribution < 1.29 is 14.7 Å². The highest BCUT2D eigenvalue weighted by Crippen LogP contribution is 2.48. The highest BCUT2D eigenvalue weighted by atomic mass is 16.4. The van der Waals surface area contributed by atoms with Crippen molar-refractivity contribution in [2.45, 2.75) is 25.8 Å². The molecule has 1 fully saturated rings. The van der Waals surface area contributed by atoms with Crippen molar-refractivity contribution in [3.05, 3.63) is 54.1 Å². The summed E-state index contributed by atoms with van der Waals surface area (Å²) in [6, 6.07) is 9.49. The van der Waals surface area contributed by atoms with E-state index in [0.717, 1.165) is 5.56 Å². The Morgan fingerprint density at radius 3 is 2.57 bits per heavy atom. The fourth-order valence-corrected chi connectivity index (χ4v) is 3.60. The molecule has 0 aliphatic carbocycles. The van der Waals surface area contributed by atoms with E-state index in [-0.39, 0.29) is 5.91 Å². The normalized spacial score (nSPS) is 21.5. The molecule has 1 saturated heterocycles. The number of hydrogen-bond donors (Lipinski definition) is 1. The smallest absolute Gasteiger partial charge is 0.314 e. The van der Waals surface area contributed by atoms with Crippen molar-refractivity contribution in [3.63, 3.8) is 0 Å². The fraction of sp³-hybridized carbons (Fsp3) is 0.333. The van der Waals surface area contributed by atoms with Crippen molar-refractivity contribution in [1.82, 2.24) is 10.0 Å². The summed E-state index contributed by atoms with van der Waals surface area (Å²) in [6.45, 7) is 8.21. The third-order valence-electron chi connectivity index (χ3n) is 4.65. The van der Waals surface area contributed by atoms with E-state index in [1.54, 1.807) is 5.01 Å². The van der Waals surface area contributed by atoms with Crippen molar-refractivity contribution in [2.24, 2.45) is 5.92 Å². The number of hydrazine groups is 1. The molecule has 5 heteroatoms. The molecule has 1 atom stereocenters. The molecule has 0 bridgehead atoms. The summed E-state index contributed by atoms with van der Waals surface area (Å²) in [5, 5.41) is 13.3. The third kappa shape index (κ3) is 2.19. The van der Waals surface area contributed by atoms with Gasteiger partial charge in [-0.1, -0.05) is 36.4 Å². The number of carbonyl (C=O) groups is 2. The molecule has 1 aromatic carbocycles. The van der Waals surface area contributed by atoms with E-state index in [2.05, 4.69) is 6.58 Å². The average Bonchev–Trinajstić information content (AvgIpc) is 2.99. The summed E-state index contributed by atoms with van der Waals surface area (Å²) in [7, 11) is 0. The van der Waals surface area contributed by atoms with E-state index in [0.29, 0.717) is 24.2 Å². The van der Waals surface area contributed by atoms with Crippen LogP contribution in [0.3, 0.4) is 0 Å². The van der Waals surface area contributed by atoms with Gasteiger partial charge in [0.15, 0.2) is 0 Å². The van der Waals surface area contributed by atoms with E-state index in [1.807, 2.05) is 49.2 Å². The second kappa shape index (κ2) is 5.35. The highest BCUT2D eigenvalue weighted by Gasteiger charge is 2.53. The van der Waals surface area contributed by atoms with Gasteiger partial charge in [-0.05, 0) is 25.0 Å². The van der Waals surface area contributed by atoms with Gasteiger partial charge in [-0.25, -0.2) is 10.0 Å². The molecule has 5 nitrogen and oxygen atoms in total. The Morgan fingerprint density at radius 2 is 2.00 bits per heavy atom. The third-order valence-corrected chi connectivity index (χ3v) is 4.65. The molecule has 2 heterocycles. The quantitative estimate of drug-likeness (QED) is 0.868. The first-order valence-electron chi connectivity index (χ1n) is 7.65. The van der Waals surface area contributed by atoms with E-state index in [1.165, 1.54) is 6.08 Å². The van der Waals surface area contributed by atoms with Gasteiger partial charge in [0.1, 0.15) is 0 Å². The first-order valence-corrected chi connectivity index (χ1v) is 7.65. The second-order valence-corrected chi connectivity index (χ2v) is 6.32. The van der Waals surface area contributed by atoms with Crippen LogP contribution in [-0.2, 0) is 9.59 Å². The summed E-state index contributed by atoms with van der Waals surface area (Å²) in [5.74, 6) is -1.79. The number of hydrogen-bond acceptors (Lipinski definition) is 3. The Labute approximate surface area is 135 Å². The number of rotatable bonds is 4. The van der Waals surface area contributed by atoms with Crippen LogP contribution in [0.2, 0.25) is 0 Å². The molecule has 2 aliphatic heterocycles. The summed E-state index contributed by atoms with van der Waals surface area (Å²) >= 11 is 0. The highest BCUT2D eigenvalue weighted by molar-refractivity contribution is 5.93. The van der Waals surface area contributed by atoms with Crippen LogP contribution in [0.5, 0.6) is 0 Å². The zero-order valence-corrected chi connectivity index (χ0v) is 13.3. The Hall–Kier alpha value is -2.40.